The number of piperazine rings is 1. The number of aromatic nitrogens is 3. The molecule has 1 aromatic heterocycles. The molecule has 1 aromatic carbocycles. The van der Waals surface area contributed by atoms with Crippen LogP contribution in [0.15, 0.2) is 41.7 Å². The molecule has 1 aliphatic heterocycles. The van der Waals surface area contributed by atoms with E-state index in [4.69, 9.17) is 9.73 Å². The van der Waals surface area contributed by atoms with Crippen molar-refractivity contribution in [2.75, 3.05) is 45.9 Å². The zero-order valence-corrected chi connectivity index (χ0v) is 21.9. The molecule has 32 heavy (non-hydrogen) atoms. The summed E-state index contributed by atoms with van der Waals surface area (Å²) in [4.78, 5) is 9.77. The standard InChI is InChI=1S/C23H37N7O.HI/c1-4-20(3)26-23(24-11-12-30-19-25-27-22(30)5-2)29-15-13-28(14-16-29)17-18-31-21-9-7-6-8-10-21;/h6-10,19-20H,4-5,11-18H2,1-3H3,(H,24,26);1H. The van der Waals surface area contributed by atoms with Gasteiger partial charge in [0, 0.05) is 51.7 Å². The Labute approximate surface area is 209 Å². The second-order valence-corrected chi connectivity index (χ2v) is 7.94. The number of aliphatic imine (C=N–C) groups is 1. The van der Waals surface area contributed by atoms with E-state index in [9.17, 15) is 0 Å². The highest BCUT2D eigenvalue weighted by Crippen LogP contribution is 2.09. The van der Waals surface area contributed by atoms with Gasteiger partial charge in [0.2, 0.25) is 0 Å². The second kappa shape index (κ2) is 14.3. The maximum Gasteiger partial charge on any atom is 0.194 e. The number of guanidine groups is 1. The van der Waals surface area contributed by atoms with Crippen LogP contribution < -0.4 is 10.1 Å². The predicted octanol–water partition coefficient (Wildman–Crippen LogP) is 2.90. The number of benzene rings is 1. The first-order valence-electron chi connectivity index (χ1n) is 11.5. The Bertz CT molecular complexity index is 791. The minimum atomic E-state index is 0. The Morgan fingerprint density at radius 3 is 2.56 bits per heavy atom. The number of nitrogens with zero attached hydrogens (tertiary/aromatic N) is 6. The third-order valence-corrected chi connectivity index (χ3v) is 5.69. The highest BCUT2D eigenvalue weighted by atomic mass is 127. The first-order valence-corrected chi connectivity index (χ1v) is 11.5. The Morgan fingerprint density at radius 1 is 1.12 bits per heavy atom. The van der Waals surface area contributed by atoms with Crippen molar-refractivity contribution in [3.05, 3.63) is 42.5 Å². The molecule has 0 saturated carbocycles. The molecule has 1 aliphatic rings. The number of nitrogens with one attached hydrogen (secondary N) is 1. The number of rotatable bonds is 10. The van der Waals surface area contributed by atoms with E-state index in [1.165, 1.54) is 0 Å². The summed E-state index contributed by atoms with van der Waals surface area (Å²) in [5.74, 6) is 2.96. The van der Waals surface area contributed by atoms with E-state index < -0.39 is 0 Å². The van der Waals surface area contributed by atoms with Crippen molar-refractivity contribution in [1.82, 2.24) is 29.9 Å². The van der Waals surface area contributed by atoms with E-state index in [1.54, 1.807) is 6.33 Å². The van der Waals surface area contributed by atoms with Gasteiger partial charge in [-0.15, -0.1) is 34.2 Å². The molecule has 2 heterocycles. The molecular weight excluding hydrogens is 517 g/mol. The fourth-order valence-corrected chi connectivity index (χ4v) is 3.56. The lowest BCUT2D eigenvalue weighted by Gasteiger charge is -2.37. The van der Waals surface area contributed by atoms with Crippen LogP contribution in [0.2, 0.25) is 0 Å². The second-order valence-electron chi connectivity index (χ2n) is 7.94. The third-order valence-electron chi connectivity index (χ3n) is 5.69. The van der Waals surface area contributed by atoms with Crippen molar-refractivity contribution >= 4 is 29.9 Å². The number of hydrogen-bond donors (Lipinski definition) is 1. The average Bonchev–Trinajstić information content (AvgIpc) is 3.27. The third kappa shape index (κ3) is 8.23. The molecule has 0 amide bonds. The van der Waals surface area contributed by atoms with Gasteiger partial charge < -0.3 is 19.5 Å². The predicted molar refractivity (Wildman–Crippen MR) is 140 cm³/mol. The highest BCUT2D eigenvalue weighted by Gasteiger charge is 2.20. The average molecular weight is 556 g/mol. The molecule has 1 saturated heterocycles. The Hall–Kier alpha value is -1.88. The summed E-state index contributed by atoms with van der Waals surface area (Å²) in [7, 11) is 0. The van der Waals surface area contributed by atoms with E-state index in [2.05, 4.69) is 50.7 Å². The van der Waals surface area contributed by atoms with Gasteiger partial charge in [0.1, 0.15) is 24.5 Å². The minimum Gasteiger partial charge on any atom is -0.492 e. The van der Waals surface area contributed by atoms with E-state index >= 15 is 0 Å². The Morgan fingerprint density at radius 2 is 1.88 bits per heavy atom. The van der Waals surface area contributed by atoms with Crippen LogP contribution in [0, 0.1) is 0 Å². The summed E-state index contributed by atoms with van der Waals surface area (Å²) in [6.07, 6.45) is 3.76. The molecular formula is C23H38IN7O. The summed E-state index contributed by atoms with van der Waals surface area (Å²) in [6.45, 7) is 13.7. The summed E-state index contributed by atoms with van der Waals surface area (Å²) < 4.78 is 7.95. The van der Waals surface area contributed by atoms with Crippen LogP contribution in [0.4, 0.5) is 0 Å². The molecule has 2 aromatic rings. The Kier molecular flexibility index (Phi) is 11.8. The van der Waals surface area contributed by atoms with E-state index in [1.807, 2.05) is 30.3 Å². The number of para-hydroxylation sites is 1. The molecule has 0 radical (unpaired) electrons. The summed E-state index contributed by atoms with van der Waals surface area (Å²) in [6, 6.07) is 10.4. The van der Waals surface area contributed by atoms with Gasteiger partial charge in [-0.25, -0.2) is 0 Å². The first kappa shape index (κ1) is 26.4. The van der Waals surface area contributed by atoms with Gasteiger partial charge in [0.05, 0.1) is 6.54 Å². The monoisotopic (exact) mass is 555 g/mol. The van der Waals surface area contributed by atoms with Gasteiger partial charge in [0.25, 0.3) is 0 Å². The quantitative estimate of drug-likeness (QED) is 0.276. The number of halogens is 1. The van der Waals surface area contributed by atoms with Crippen molar-refractivity contribution in [1.29, 1.82) is 0 Å². The number of hydrogen-bond acceptors (Lipinski definition) is 5. The lowest BCUT2D eigenvalue weighted by molar-refractivity contribution is 0.151. The van der Waals surface area contributed by atoms with Gasteiger partial charge in [-0.2, -0.15) is 0 Å². The molecule has 9 heteroatoms. The minimum absolute atomic E-state index is 0. The zero-order valence-electron chi connectivity index (χ0n) is 19.6. The maximum absolute atomic E-state index is 5.85. The molecule has 1 N–H and O–H groups in total. The highest BCUT2D eigenvalue weighted by molar-refractivity contribution is 14.0. The first-order chi connectivity index (χ1) is 15.2. The van der Waals surface area contributed by atoms with Crippen molar-refractivity contribution < 1.29 is 4.74 Å². The fourth-order valence-electron chi connectivity index (χ4n) is 3.56. The molecule has 178 valence electrons. The van der Waals surface area contributed by atoms with Crippen molar-refractivity contribution in [2.24, 2.45) is 4.99 Å². The molecule has 0 spiro atoms. The summed E-state index contributed by atoms with van der Waals surface area (Å²) in [5, 5.41) is 11.8. The van der Waals surface area contributed by atoms with Crippen LogP contribution in [-0.2, 0) is 13.0 Å². The van der Waals surface area contributed by atoms with Crippen LogP contribution in [0.3, 0.4) is 0 Å². The SMILES string of the molecule is CCc1nncn1CCN=C(NC(C)CC)N1CCN(CCOc2ccccc2)CC1.I. The largest absolute Gasteiger partial charge is 0.492 e. The van der Waals surface area contributed by atoms with E-state index in [0.717, 1.165) is 82.8 Å². The van der Waals surface area contributed by atoms with Gasteiger partial charge in [0.15, 0.2) is 5.96 Å². The van der Waals surface area contributed by atoms with Gasteiger partial charge in [-0.3, -0.25) is 9.89 Å². The molecule has 0 aliphatic carbocycles. The van der Waals surface area contributed by atoms with Crippen molar-refractivity contribution in [3.8, 4) is 5.75 Å². The van der Waals surface area contributed by atoms with Crippen LogP contribution in [-0.4, -0.2) is 82.4 Å². The molecule has 1 atom stereocenters. The van der Waals surface area contributed by atoms with Crippen molar-refractivity contribution in [2.45, 2.75) is 46.2 Å². The van der Waals surface area contributed by atoms with E-state index in [0.29, 0.717) is 6.04 Å². The summed E-state index contributed by atoms with van der Waals surface area (Å²) >= 11 is 0. The van der Waals surface area contributed by atoms with E-state index in [-0.39, 0.29) is 24.0 Å². The molecule has 8 nitrogen and oxygen atoms in total. The van der Waals surface area contributed by atoms with Gasteiger partial charge in [-0.05, 0) is 25.5 Å². The number of aryl methyl sites for hydroxylation is 1. The zero-order chi connectivity index (χ0) is 21.9. The van der Waals surface area contributed by atoms with Crippen molar-refractivity contribution in [3.63, 3.8) is 0 Å². The molecule has 1 unspecified atom stereocenters. The molecule has 1 fully saturated rings. The lowest BCUT2D eigenvalue weighted by Crippen LogP contribution is -2.54. The smallest absolute Gasteiger partial charge is 0.194 e. The van der Waals surface area contributed by atoms with Crippen LogP contribution in [0.25, 0.3) is 0 Å². The molecule has 3 rings (SSSR count). The number of ether oxygens (including phenoxy) is 1. The normalized spacial score (nSPS) is 15.8. The summed E-state index contributed by atoms with van der Waals surface area (Å²) in [5.41, 5.74) is 0. The molecule has 0 bridgehead atoms. The maximum atomic E-state index is 5.85. The van der Waals surface area contributed by atoms with Gasteiger partial charge in [-0.1, -0.05) is 32.0 Å². The van der Waals surface area contributed by atoms with Crippen LogP contribution >= 0.6 is 24.0 Å². The Balaban J connectivity index is 0.00000363. The van der Waals surface area contributed by atoms with Gasteiger partial charge >= 0.3 is 0 Å². The van der Waals surface area contributed by atoms with Crippen LogP contribution in [0.1, 0.15) is 33.0 Å². The van der Waals surface area contributed by atoms with Crippen LogP contribution in [0.5, 0.6) is 5.75 Å². The lowest BCUT2D eigenvalue weighted by atomic mass is 10.2. The topological polar surface area (TPSA) is 70.8 Å². The fraction of sp³-hybridized carbons (Fsp3) is 0.609.